The first kappa shape index (κ1) is 20.7. The number of rotatable bonds is 2. The molecule has 3 aliphatic heterocycles. The fourth-order valence-electron chi connectivity index (χ4n) is 5.14. The molecule has 170 valence electrons. The number of nitrogens with one attached hydrogen (secondary N) is 1. The SMILES string of the molecule is Cc1cc(C(=O)N2CCc3nc4n(c(=O)c3C2)CCC42CCN(C(=O)NC(C)C)C2)no1. The van der Waals surface area contributed by atoms with E-state index in [-0.39, 0.29) is 41.2 Å². The summed E-state index contributed by atoms with van der Waals surface area (Å²) in [6, 6.07) is 1.62. The molecule has 0 aliphatic carbocycles. The normalized spacial score (nSPS) is 21.9. The predicted octanol–water partition coefficient (Wildman–Crippen LogP) is 1.20. The number of hydrogen-bond donors (Lipinski definition) is 1. The van der Waals surface area contributed by atoms with Gasteiger partial charge < -0.3 is 19.6 Å². The van der Waals surface area contributed by atoms with Gasteiger partial charge in [-0.2, -0.15) is 0 Å². The minimum atomic E-state index is -0.270. The Morgan fingerprint density at radius 3 is 2.69 bits per heavy atom. The van der Waals surface area contributed by atoms with Crippen LogP contribution in [-0.2, 0) is 24.9 Å². The van der Waals surface area contributed by atoms with E-state index in [4.69, 9.17) is 9.51 Å². The molecule has 5 heterocycles. The van der Waals surface area contributed by atoms with Crippen molar-refractivity contribution in [3.05, 3.63) is 45.0 Å². The predicted molar refractivity (Wildman–Crippen MR) is 114 cm³/mol. The minimum Gasteiger partial charge on any atom is -0.361 e. The zero-order valence-electron chi connectivity index (χ0n) is 18.7. The van der Waals surface area contributed by atoms with E-state index in [1.54, 1.807) is 22.5 Å². The third-order valence-electron chi connectivity index (χ3n) is 6.79. The van der Waals surface area contributed by atoms with Crippen molar-refractivity contribution in [2.45, 2.75) is 64.6 Å². The number of hydrogen-bond acceptors (Lipinski definition) is 6. The molecule has 5 rings (SSSR count). The van der Waals surface area contributed by atoms with Crippen molar-refractivity contribution in [2.24, 2.45) is 0 Å². The van der Waals surface area contributed by atoms with Gasteiger partial charge in [-0.15, -0.1) is 0 Å². The van der Waals surface area contributed by atoms with E-state index in [2.05, 4.69) is 10.5 Å². The summed E-state index contributed by atoms with van der Waals surface area (Å²) in [5.74, 6) is 1.13. The second-order valence-corrected chi connectivity index (χ2v) is 9.42. The van der Waals surface area contributed by atoms with Gasteiger partial charge in [-0.3, -0.25) is 14.2 Å². The maximum Gasteiger partial charge on any atom is 0.317 e. The molecule has 3 amide bonds. The molecule has 1 N–H and O–H groups in total. The van der Waals surface area contributed by atoms with Crippen LogP contribution in [0.25, 0.3) is 0 Å². The van der Waals surface area contributed by atoms with Crippen molar-refractivity contribution in [1.29, 1.82) is 0 Å². The Morgan fingerprint density at radius 2 is 1.97 bits per heavy atom. The van der Waals surface area contributed by atoms with Gasteiger partial charge in [0.1, 0.15) is 11.6 Å². The first-order chi connectivity index (χ1) is 15.3. The van der Waals surface area contributed by atoms with Gasteiger partial charge in [0.2, 0.25) is 0 Å². The van der Waals surface area contributed by atoms with E-state index in [9.17, 15) is 14.4 Å². The summed E-state index contributed by atoms with van der Waals surface area (Å²) in [4.78, 5) is 47.1. The fraction of sp³-hybridized carbons (Fsp3) is 0.591. The molecule has 1 fully saturated rings. The van der Waals surface area contributed by atoms with Gasteiger partial charge in [0.15, 0.2) is 5.69 Å². The van der Waals surface area contributed by atoms with Gasteiger partial charge in [-0.1, -0.05) is 5.16 Å². The number of carbonyl (C=O) groups excluding carboxylic acids is 2. The molecule has 0 saturated carbocycles. The van der Waals surface area contributed by atoms with Gasteiger partial charge in [0.05, 0.1) is 17.8 Å². The summed E-state index contributed by atoms with van der Waals surface area (Å²) < 4.78 is 6.78. The average molecular weight is 441 g/mol. The molecule has 1 unspecified atom stereocenters. The van der Waals surface area contributed by atoms with Crippen LogP contribution in [-0.4, -0.2) is 62.1 Å². The Morgan fingerprint density at radius 1 is 1.19 bits per heavy atom. The van der Waals surface area contributed by atoms with E-state index in [1.807, 2.05) is 18.7 Å². The van der Waals surface area contributed by atoms with Gasteiger partial charge in [-0.25, -0.2) is 9.78 Å². The van der Waals surface area contributed by atoms with Crippen molar-refractivity contribution >= 4 is 11.9 Å². The van der Waals surface area contributed by atoms with Crippen molar-refractivity contribution in [1.82, 2.24) is 29.8 Å². The van der Waals surface area contributed by atoms with Crippen molar-refractivity contribution < 1.29 is 14.1 Å². The number of nitrogens with zero attached hydrogens (tertiary/aromatic N) is 5. The van der Waals surface area contributed by atoms with Gasteiger partial charge >= 0.3 is 6.03 Å². The number of fused-ring (bicyclic) bond motifs is 3. The van der Waals surface area contributed by atoms with Crippen molar-refractivity contribution in [2.75, 3.05) is 19.6 Å². The topological polar surface area (TPSA) is 114 Å². The van der Waals surface area contributed by atoms with Gasteiger partial charge in [-0.05, 0) is 33.6 Å². The summed E-state index contributed by atoms with van der Waals surface area (Å²) in [5.41, 5.74) is 1.27. The monoisotopic (exact) mass is 440 g/mol. The molecule has 1 spiro atoms. The molecule has 3 aliphatic rings. The van der Waals surface area contributed by atoms with Crippen LogP contribution < -0.4 is 10.9 Å². The quantitative estimate of drug-likeness (QED) is 0.751. The highest BCUT2D eigenvalue weighted by molar-refractivity contribution is 5.92. The zero-order valence-corrected chi connectivity index (χ0v) is 18.7. The molecular formula is C22H28N6O4. The molecule has 0 bridgehead atoms. The van der Waals surface area contributed by atoms with Crippen molar-refractivity contribution in [3.8, 4) is 0 Å². The maximum absolute atomic E-state index is 13.4. The Kier molecular flexibility index (Phi) is 4.83. The van der Waals surface area contributed by atoms with Crippen molar-refractivity contribution in [3.63, 3.8) is 0 Å². The number of likely N-dealkylation sites (tertiary alicyclic amines) is 1. The lowest BCUT2D eigenvalue weighted by molar-refractivity contribution is 0.0721. The molecule has 1 saturated heterocycles. The lowest BCUT2D eigenvalue weighted by Gasteiger charge is -2.29. The van der Waals surface area contributed by atoms with E-state index >= 15 is 0 Å². The largest absolute Gasteiger partial charge is 0.361 e. The molecule has 2 aromatic rings. The fourth-order valence-corrected chi connectivity index (χ4v) is 5.14. The number of urea groups is 1. The van der Waals surface area contributed by atoms with Crippen LogP contribution >= 0.6 is 0 Å². The molecule has 1 atom stereocenters. The Hall–Kier alpha value is -3.17. The molecule has 2 aromatic heterocycles. The molecule has 0 aromatic carbocycles. The summed E-state index contributed by atoms with van der Waals surface area (Å²) >= 11 is 0. The molecule has 10 heteroatoms. The molecular weight excluding hydrogens is 412 g/mol. The highest BCUT2D eigenvalue weighted by atomic mass is 16.5. The minimum absolute atomic E-state index is 0.0621. The number of aryl methyl sites for hydroxylation is 1. The van der Waals surface area contributed by atoms with Crippen LogP contribution in [0.4, 0.5) is 4.79 Å². The highest BCUT2D eigenvalue weighted by Gasteiger charge is 2.48. The van der Waals surface area contributed by atoms with Crippen LogP contribution in [0.1, 0.15) is 60.0 Å². The summed E-state index contributed by atoms with van der Waals surface area (Å²) in [6.07, 6.45) is 2.12. The first-order valence-corrected chi connectivity index (χ1v) is 11.2. The zero-order chi connectivity index (χ0) is 22.6. The summed E-state index contributed by atoms with van der Waals surface area (Å²) in [7, 11) is 0. The van der Waals surface area contributed by atoms with E-state index in [1.165, 1.54) is 0 Å². The summed E-state index contributed by atoms with van der Waals surface area (Å²) in [6.45, 7) is 8.15. The Balaban J connectivity index is 1.40. The molecule has 32 heavy (non-hydrogen) atoms. The Labute approximate surface area is 185 Å². The summed E-state index contributed by atoms with van der Waals surface area (Å²) in [5, 5.41) is 6.77. The standard InChI is InChI=1S/C22H28N6O4/c1-13(2)23-21(31)27-8-5-22(12-27)6-9-28-18(29)15-11-26(7-4-16(15)24-20(22)28)19(30)17-10-14(3)32-25-17/h10,13H,4-9,11-12H2,1-3H3,(H,23,31). The van der Waals surface area contributed by atoms with Gasteiger partial charge in [0.25, 0.3) is 11.5 Å². The van der Waals surface area contributed by atoms with Gasteiger partial charge in [0, 0.05) is 50.1 Å². The molecule has 10 nitrogen and oxygen atoms in total. The first-order valence-electron chi connectivity index (χ1n) is 11.2. The average Bonchev–Trinajstić information content (AvgIpc) is 3.47. The van der Waals surface area contributed by atoms with Crippen LogP contribution in [0, 0.1) is 6.92 Å². The highest BCUT2D eigenvalue weighted by Crippen LogP contribution is 2.41. The Bertz CT molecular complexity index is 1150. The number of aromatic nitrogens is 3. The number of carbonyl (C=O) groups is 2. The van der Waals surface area contributed by atoms with E-state index < -0.39 is 0 Å². The van der Waals surface area contributed by atoms with Crippen LogP contribution in [0.3, 0.4) is 0 Å². The van der Waals surface area contributed by atoms with Crippen LogP contribution in [0.2, 0.25) is 0 Å². The lowest BCUT2D eigenvalue weighted by Crippen LogP contribution is -2.44. The second kappa shape index (κ2) is 7.46. The molecule has 0 radical (unpaired) electrons. The van der Waals surface area contributed by atoms with E-state index in [0.29, 0.717) is 43.9 Å². The smallest absolute Gasteiger partial charge is 0.317 e. The van der Waals surface area contributed by atoms with Crippen LogP contribution in [0.5, 0.6) is 0 Å². The van der Waals surface area contributed by atoms with Crippen LogP contribution in [0.15, 0.2) is 15.4 Å². The maximum atomic E-state index is 13.4. The lowest BCUT2D eigenvalue weighted by atomic mass is 9.85. The number of amides is 3. The third kappa shape index (κ3) is 3.28. The van der Waals surface area contributed by atoms with E-state index in [0.717, 1.165) is 24.4 Å². The second-order valence-electron chi connectivity index (χ2n) is 9.42. The third-order valence-corrected chi connectivity index (χ3v) is 6.79.